The number of nitrogens with one attached hydrogen (secondary N) is 2. The SMILES string of the molecule is Cc1cc(NC(=O)NC2CC2)ccc1F. The van der Waals surface area contributed by atoms with Gasteiger partial charge in [-0.3, -0.25) is 0 Å². The third-order valence-corrected chi connectivity index (χ3v) is 2.33. The Morgan fingerprint density at radius 1 is 1.47 bits per heavy atom. The zero-order valence-corrected chi connectivity index (χ0v) is 8.51. The van der Waals surface area contributed by atoms with Gasteiger partial charge in [0.15, 0.2) is 0 Å². The molecule has 2 amide bonds. The van der Waals surface area contributed by atoms with Crippen molar-refractivity contribution in [1.29, 1.82) is 0 Å². The van der Waals surface area contributed by atoms with Crippen molar-refractivity contribution in [2.24, 2.45) is 0 Å². The molecule has 0 aromatic heterocycles. The van der Waals surface area contributed by atoms with Gasteiger partial charge < -0.3 is 10.6 Å². The van der Waals surface area contributed by atoms with Gasteiger partial charge in [0.05, 0.1) is 0 Å². The molecule has 2 rings (SSSR count). The highest BCUT2D eigenvalue weighted by Crippen LogP contribution is 2.19. The summed E-state index contributed by atoms with van der Waals surface area (Å²) in [4.78, 5) is 11.3. The Kier molecular flexibility index (Phi) is 2.58. The van der Waals surface area contributed by atoms with Crippen LogP contribution in [0.3, 0.4) is 0 Å². The number of aryl methyl sites for hydroxylation is 1. The van der Waals surface area contributed by atoms with Crippen molar-refractivity contribution < 1.29 is 9.18 Å². The highest BCUT2D eigenvalue weighted by molar-refractivity contribution is 5.89. The number of anilines is 1. The molecule has 0 unspecified atom stereocenters. The van der Waals surface area contributed by atoms with Crippen molar-refractivity contribution >= 4 is 11.7 Å². The van der Waals surface area contributed by atoms with Crippen LogP contribution in [0.5, 0.6) is 0 Å². The van der Waals surface area contributed by atoms with E-state index in [1.165, 1.54) is 6.07 Å². The van der Waals surface area contributed by atoms with E-state index in [-0.39, 0.29) is 11.8 Å². The van der Waals surface area contributed by atoms with Crippen LogP contribution in [0.25, 0.3) is 0 Å². The molecule has 0 spiro atoms. The molecule has 15 heavy (non-hydrogen) atoms. The number of urea groups is 1. The lowest BCUT2D eigenvalue weighted by atomic mass is 10.2. The quantitative estimate of drug-likeness (QED) is 0.770. The number of halogens is 1. The number of hydrogen-bond acceptors (Lipinski definition) is 1. The van der Waals surface area contributed by atoms with Gasteiger partial charge in [-0.05, 0) is 43.5 Å². The minimum absolute atomic E-state index is 0.219. The van der Waals surface area contributed by atoms with Crippen LogP contribution in [0.4, 0.5) is 14.9 Å². The molecule has 0 atom stereocenters. The van der Waals surface area contributed by atoms with Gasteiger partial charge in [-0.15, -0.1) is 0 Å². The smallest absolute Gasteiger partial charge is 0.319 e. The average Bonchev–Trinajstić information content (AvgIpc) is 2.95. The highest BCUT2D eigenvalue weighted by atomic mass is 19.1. The summed E-state index contributed by atoms with van der Waals surface area (Å²) in [6, 6.07) is 4.62. The predicted molar refractivity (Wildman–Crippen MR) is 56.3 cm³/mol. The van der Waals surface area contributed by atoms with Gasteiger partial charge in [0, 0.05) is 11.7 Å². The number of benzene rings is 1. The number of hydrogen-bond donors (Lipinski definition) is 2. The maximum absolute atomic E-state index is 12.9. The minimum atomic E-state index is -0.261. The summed E-state index contributed by atoms with van der Waals surface area (Å²) in [7, 11) is 0. The molecular weight excluding hydrogens is 195 g/mol. The molecule has 0 bridgehead atoms. The van der Waals surface area contributed by atoms with E-state index in [0.29, 0.717) is 17.3 Å². The highest BCUT2D eigenvalue weighted by Gasteiger charge is 2.23. The summed E-state index contributed by atoms with van der Waals surface area (Å²) in [6.07, 6.45) is 2.10. The number of rotatable bonds is 2. The van der Waals surface area contributed by atoms with Crippen LogP contribution in [-0.4, -0.2) is 12.1 Å². The fourth-order valence-electron chi connectivity index (χ4n) is 1.30. The average molecular weight is 208 g/mol. The van der Waals surface area contributed by atoms with E-state index >= 15 is 0 Å². The van der Waals surface area contributed by atoms with Crippen molar-refractivity contribution in [2.75, 3.05) is 5.32 Å². The Morgan fingerprint density at radius 3 is 2.80 bits per heavy atom. The summed E-state index contributed by atoms with van der Waals surface area (Å²) < 4.78 is 12.9. The van der Waals surface area contributed by atoms with Gasteiger partial charge in [0.2, 0.25) is 0 Å². The summed E-state index contributed by atoms with van der Waals surface area (Å²) in [5.74, 6) is -0.261. The minimum Gasteiger partial charge on any atom is -0.335 e. The monoisotopic (exact) mass is 208 g/mol. The molecule has 3 nitrogen and oxygen atoms in total. The Balaban J connectivity index is 1.97. The standard InChI is InChI=1S/C11H13FN2O/c1-7-6-9(4-5-10(7)12)14-11(15)13-8-2-3-8/h4-6,8H,2-3H2,1H3,(H2,13,14,15). The van der Waals surface area contributed by atoms with Gasteiger partial charge in [0.25, 0.3) is 0 Å². The molecule has 1 aliphatic carbocycles. The summed E-state index contributed by atoms with van der Waals surface area (Å²) in [6.45, 7) is 1.67. The molecule has 4 heteroatoms. The molecule has 1 aliphatic rings. The second-order valence-corrected chi connectivity index (χ2v) is 3.84. The zero-order chi connectivity index (χ0) is 10.8. The zero-order valence-electron chi connectivity index (χ0n) is 8.51. The second kappa shape index (κ2) is 3.88. The van der Waals surface area contributed by atoms with Crippen LogP contribution in [0.2, 0.25) is 0 Å². The predicted octanol–water partition coefficient (Wildman–Crippen LogP) is 2.42. The Labute approximate surface area is 87.7 Å². The first-order valence-electron chi connectivity index (χ1n) is 4.99. The first-order valence-corrected chi connectivity index (χ1v) is 4.99. The molecule has 2 N–H and O–H groups in total. The molecule has 0 saturated heterocycles. The molecule has 1 saturated carbocycles. The second-order valence-electron chi connectivity index (χ2n) is 3.84. The van der Waals surface area contributed by atoms with Crippen LogP contribution in [0, 0.1) is 12.7 Å². The van der Waals surface area contributed by atoms with Gasteiger partial charge in [-0.1, -0.05) is 0 Å². The van der Waals surface area contributed by atoms with E-state index in [9.17, 15) is 9.18 Å². The maximum Gasteiger partial charge on any atom is 0.319 e. The topological polar surface area (TPSA) is 41.1 Å². The number of carbonyl (C=O) groups is 1. The van der Waals surface area contributed by atoms with E-state index in [1.807, 2.05) is 0 Å². The van der Waals surface area contributed by atoms with Crippen LogP contribution < -0.4 is 10.6 Å². The fraction of sp³-hybridized carbons (Fsp3) is 0.364. The summed E-state index contributed by atoms with van der Waals surface area (Å²) >= 11 is 0. The number of amides is 2. The summed E-state index contributed by atoms with van der Waals surface area (Å²) in [5, 5.41) is 5.46. The Hall–Kier alpha value is -1.58. The lowest BCUT2D eigenvalue weighted by molar-refractivity contribution is 0.251. The third kappa shape index (κ3) is 2.68. The molecule has 1 aromatic rings. The lowest BCUT2D eigenvalue weighted by Crippen LogP contribution is -2.30. The molecule has 80 valence electrons. The van der Waals surface area contributed by atoms with Crippen molar-refractivity contribution in [3.05, 3.63) is 29.6 Å². The van der Waals surface area contributed by atoms with Gasteiger partial charge >= 0.3 is 6.03 Å². The van der Waals surface area contributed by atoms with Gasteiger partial charge in [-0.2, -0.15) is 0 Å². The van der Waals surface area contributed by atoms with Crippen LogP contribution >= 0.6 is 0 Å². The first-order chi connectivity index (χ1) is 7.15. The van der Waals surface area contributed by atoms with E-state index < -0.39 is 0 Å². The number of carbonyl (C=O) groups excluding carboxylic acids is 1. The molecular formula is C11H13FN2O. The lowest BCUT2D eigenvalue weighted by Gasteiger charge is -2.07. The van der Waals surface area contributed by atoms with Crippen molar-refractivity contribution in [3.63, 3.8) is 0 Å². The van der Waals surface area contributed by atoms with Gasteiger partial charge in [-0.25, -0.2) is 9.18 Å². The Bertz CT molecular complexity index is 388. The normalized spacial score (nSPS) is 14.8. The van der Waals surface area contributed by atoms with E-state index in [1.54, 1.807) is 19.1 Å². The maximum atomic E-state index is 12.9. The fourth-order valence-corrected chi connectivity index (χ4v) is 1.30. The first kappa shape index (κ1) is 9.96. The molecule has 1 aromatic carbocycles. The van der Waals surface area contributed by atoms with Gasteiger partial charge in [0.1, 0.15) is 5.82 Å². The van der Waals surface area contributed by atoms with Crippen molar-refractivity contribution in [1.82, 2.24) is 5.32 Å². The van der Waals surface area contributed by atoms with Crippen LogP contribution in [-0.2, 0) is 0 Å². The molecule has 0 radical (unpaired) electrons. The third-order valence-electron chi connectivity index (χ3n) is 2.33. The van der Waals surface area contributed by atoms with Crippen LogP contribution in [0.1, 0.15) is 18.4 Å². The van der Waals surface area contributed by atoms with E-state index in [0.717, 1.165) is 12.8 Å². The molecule has 1 fully saturated rings. The van der Waals surface area contributed by atoms with Crippen molar-refractivity contribution in [2.45, 2.75) is 25.8 Å². The Morgan fingerprint density at radius 2 is 2.20 bits per heavy atom. The van der Waals surface area contributed by atoms with E-state index in [2.05, 4.69) is 10.6 Å². The van der Waals surface area contributed by atoms with Crippen LogP contribution in [0.15, 0.2) is 18.2 Å². The van der Waals surface area contributed by atoms with Crippen molar-refractivity contribution in [3.8, 4) is 0 Å². The van der Waals surface area contributed by atoms with E-state index in [4.69, 9.17) is 0 Å². The molecule has 0 heterocycles. The summed E-state index contributed by atoms with van der Waals surface area (Å²) in [5.41, 5.74) is 1.14. The largest absolute Gasteiger partial charge is 0.335 e. The molecule has 0 aliphatic heterocycles.